The van der Waals surface area contributed by atoms with Gasteiger partial charge >= 0.3 is 0 Å². The van der Waals surface area contributed by atoms with Gasteiger partial charge in [0.05, 0.1) is 35.0 Å². The third-order valence-corrected chi connectivity index (χ3v) is 10.1. The summed E-state index contributed by atoms with van der Waals surface area (Å²) >= 11 is 1.36. The maximum atomic E-state index is 14.2. The van der Waals surface area contributed by atoms with E-state index < -0.39 is 81.4 Å². The number of primary amides is 1. The number of anilines is 2. The summed E-state index contributed by atoms with van der Waals surface area (Å²) in [5.74, 6) is -9.37. The minimum Gasteiger partial charge on any atom is -0.508 e. The van der Waals surface area contributed by atoms with Gasteiger partial charge in [-0.15, -0.1) is 11.3 Å². The Kier molecular flexibility index (Phi) is 7.12. The van der Waals surface area contributed by atoms with E-state index in [1.54, 1.807) is 19.1 Å². The molecule has 3 aliphatic rings. The maximum absolute atomic E-state index is 14.2. The van der Waals surface area contributed by atoms with Crippen LogP contribution in [0.3, 0.4) is 0 Å². The molecule has 1 aromatic heterocycles. The number of rotatable bonds is 5. The number of amides is 1. The van der Waals surface area contributed by atoms with Crippen molar-refractivity contribution in [2.24, 2.45) is 17.6 Å². The Labute approximate surface area is 261 Å². The number of aliphatic hydroxyl groups excluding tert-OH is 3. The average Bonchev–Trinajstić information content (AvgIpc) is 3.35. The number of phenols is 1. The first kappa shape index (κ1) is 30.5. The molecular weight excluding hydrogens is 600 g/mol. The lowest BCUT2D eigenvalue weighted by atomic mass is 9.54. The number of hydrogen-bond acceptors (Lipinski definition) is 12. The molecule has 1 amide bonds. The number of fused-ring (bicyclic) bond motifs is 3. The first-order chi connectivity index (χ1) is 21.2. The fourth-order valence-corrected chi connectivity index (χ4v) is 7.99. The van der Waals surface area contributed by atoms with Gasteiger partial charge in [0, 0.05) is 21.9 Å². The highest BCUT2D eigenvalue weighted by atomic mass is 32.1. The van der Waals surface area contributed by atoms with E-state index in [1.165, 1.54) is 30.3 Å². The number of aromatic hydroxyl groups is 1. The lowest BCUT2D eigenvalue weighted by Crippen LogP contribution is -2.70. The molecule has 8 N–H and O–H groups in total. The Balaban J connectivity index is 1.48. The number of hydrogen-bond donors (Lipinski definition) is 7. The van der Waals surface area contributed by atoms with E-state index in [1.807, 2.05) is 37.3 Å². The summed E-state index contributed by atoms with van der Waals surface area (Å²) in [6, 6.07) is 11.4. The van der Waals surface area contributed by atoms with Gasteiger partial charge in [-0.2, -0.15) is 0 Å². The SMILES string of the molecule is Cc1sc(Nc2ccc3c(c2O)C(O)=C2C(=O)C4(O)C(O)=C(C(N)=O)C(=O)C(N(C)C)C4C(O)C2C3C)nc1-c1ccccc1. The van der Waals surface area contributed by atoms with Crippen molar-refractivity contribution in [3.05, 3.63) is 75.4 Å². The highest BCUT2D eigenvalue weighted by molar-refractivity contribution is 7.16. The Morgan fingerprint density at radius 3 is 2.38 bits per heavy atom. The summed E-state index contributed by atoms with van der Waals surface area (Å²) in [5, 5.41) is 61.2. The van der Waals surface area contributed by atoms with Crippen molar-refractivity contribution < 1.29 is 39.9 Å². The van der Waals surface area contributed by atoms with Gasteiger partial charge < -0.3 is 36.6 Å². The van der Waals surface area contributed by atoms with E-state index >= 15 is 0 Å². The number of carbonyl (C=O) groups is 3. The molecule has 3 aromatic rings. The number of nitrogens with two attached hydrogens (primary N) is 1. The number of aliphatic hydroxyl groups is 4. The van der Waals surface area contributed by atoms with Crippen molar-refractivity contribution in [3.63, 3.8) is 0 Å². The quantitative estimate of drug-likeness (QED) is 0.161. The molecule has 0 bridgehead atoms. The lowest BCUT2D eigenvalue weighted by molar-refractivity contribution is -0.169. The smallest absolute Gasteiger partial charge is 0.255 e. The molecule has 0 saturated heterocycles. The summed E-state index contributed by atoms with van der Waals surface area (Å²) in [4.78, 5) is 46.6. The predicted molar refractivity (Wildman–Crippen MR) is 166 cm³/mol. The van der Waals surface area contributed by atoms with E-state index in [0.29, 0.717) is 10.7 Å². The zero-order chi connectivity index (χ0) is 32.7. The van der Waals surface area contributed by atoms with Crippen LogP contribution >= 0.6 is 11.3 Å². The second kappa shape index (κ2) is 10.5. The normalized spacial score (nSPS) is 27.8. The lowest BCUT2D eigenvalue weighted by Gasteiger charge is -2.53. The average molecular weight is 633 g/mol. The summed E-state index contributed by atoms with van der Waals surface area (Å²) in [6.07, 6.45) is -1.66. The van der Waals surface area contributed by atoms with E-state index in [-0.39, 0.29) is 11.3 Å². The van der Waals surface area contributed by atoms with Gasteiger partial charge in [-0.05, 0) is 38.6 Å². The van der Waals surface area contributed by atoms with Gasteiger partial charge in [-0.1, -0.05) is 43.3 Å². The molecule has 0 spiro atoms. The van der Waals surface area contributed by atoms with Crippen LogP contribution < -0.4 is 11.1 Å². The number of nitrogens with one attached hydrogen (secondary N) is 1. The molecule has 12 nitrogen and oxygen atoms in total. The molecule has 13 heteroatoms. The van der Waals surface area contributed by atoms with Crippen LogP contribution in [0.5, 0.6) is 5.75 Å². The number of aromatic nitrogens is 1. The van der Waals surface area contributed by atoms with Crippen LogP contribution in [0.25, 0.3) is 17.0 Å². The molecule has 234 valence electrons. The Bertz CT molecular complexity index is 1850. The number of aryl methyl sites for hydroxylation is 1. The summed E-state index contributed by atoms with van der Waals surface area (Å²) in [6.45, 7) is 3.60. The molecule has 2 aromatic carbocycles. The molecule has 0 radical (unpaired) electrons. The van der Waals surface area contributed by atoms with Crippen LogP contribution in [0.1, 0.15) is 28.8 Å². The van der Waals surface area contributed by atoms with Crippen LogP contribution in [-0.2, 0) is 14.4 Å². The molecule has 6 atom stereocenters. The maximum Gasteiger partial charge on any atom is 0.255 e. The van der Waals surface area contributed by atoms with E-state index in [4.69, 9.17) is 5.73 Å². The summed E-state index contributed by atoms with van der Waals surface area (Å²) in [5.41, 5.74) is 3.15. The number of phenolic OH excluding ortho intramolecular Hbond substituents is 1. The number of ketones is 2. The minimum absolute atomic E-state index is 0.104. The predicted octanol–water partition coefficient (Wildman–Crippen LogP) is 2.67. The van der Waals surface area contributed by atoms with Crippen LogP contribution in [-0.4, -0.2) is 84.7 Å². The molecule has 6 unspecified atom stereocenters. The summed E-state index contributed by atoms with van der Waals surface area (Å²) in [7, 11) is 2.92. The monoisotopic (exact) mass is 632 g/mol. The summed E-state index contributed by atoms with van der Waals surface area (Å²) < 4.78 is 0. The van der Waals surface area contributed by atoms with Crippen molar-refractivity contribution in [2.75, 3.05) is 19.4 Å². The zero-order valence-corrected chi connectivity index (χ0v) is 25.6. The number of nitrogens with zero attached hydrogens (tertiary/aromatic N) is 2. The Morgan fingerprint density at radius 2 is 1.76 bits per heavy atom. The van der Waals surface area contributed by atoms with Crippen LogP contribution in [0.4, 0.5) is 10.8 Å². The second-order valence-corrected chi connectivity index (χ2v) is 13.1. The topological polar surface area (TPSA) is 207 Å². The zero-order valence-electron chi connectivity index (χ0n) is 24.8. The van der Waals surface area contributed by atoms with Crippen molar-refractivity contribution in [1.29, 1.82) is 0 Å². The second-order valence-electron chi connectivity index (χ2n) is 11.9. The van der Waals surface area contributed by atoms with Gasteiger partial charge in [0.15, 0.2) is 16.5 Å². The van der Waals surface area contributed by atoms with Crippen molar-refractivity contribution in [3.8, 4) is 17.0 Å². The molecule has 0 aliphatic heterocycles. The molecule has 6 rings (SSSR count). The van der Waals surface area contributed by atoms with Crippen molar-refractivity contribution >= 4 is 45.4 Å². The van der Waals surface area contributed by atoms with Crippen molar-refractivity contribution in [2.45, 2.75) is 37.5 Å². The highest BCUT2D eigenvalue weighted by Crippen LogP contribution is 2.56. The third-order valence-electron chi connectivity index (χ3n) is 9.21. The molecule has 1 fully saturated rings. The van der Waals surface area contributed by atoms with Crippen molar-refractivity contribution in [1.82, 2.24) is 9.88 Å². The first-order valence-corrected chi connectivity index (χ1v) is 15.0. The largest absolute Gasteiger partial charge is 0.508 e. The fourth-order valence-electron chi connectivity index (χ4n) is 7.15. The molecule has 1 saturated carbocycles. The van der Waals surface area contributed by atoms with Gasteiger partial charge in [0.25, 0.3) is 5.91 Å². The first-order valence-electron chi connectivity index (χ1n) is 14.2. The van der Waals surface area contributed by atoms with Gasteiger partial charge in [0.2, 0.25) is 5.78 Å². The van der Waals surface area contributed by atoms with Crippen LogP contribution in [0.15, 0.2) is 59.4 Å². The van der Waals surface area contributed by atoms with Gasteiger partial charge in [0.1, 0.15) is 22.8 Å². The molecule has 45 heavy (non-hydrogen) atoms. The number of benzene rings is 2. The highest BCUT2D eigenvalue weighted by Gasteiger charge is 2.68. The van der Waals surface area contributed by atoms with Crippen LogP contribution in [0, 0.1) is 18.8 Å². The van der Waals surface area contributed by atoms with E-state index in [0.717, 1.165) is 16.1 Å². The van der Waals surface area contributed by atoms with Gasteiger partial charge in [-0.25, -0.2) is 4.98 Å². The number of likely N-dealkylation sites (N-methyl/N-ethyl adjacent to an activating group) is 1. The fraction of sp³-hybridized carbons (Fsp3) is 0.312. The number of carbonyl (C=O) groups excluding carboxylic acids is 3. The standard InChI is InChI=1S/C32H32N4O8S/c1-12-15-10-11-16(34-31-35-22(13(2)45-31)14-8-6-5-7-9-14)24(37)18(15)25(38)19-17(12)26(39)21-23(36(3)4)27(40)20(30(33)43)29(42)32(21,44)28(19)41/h5-12,17,21,23,26,37-39,42,44H,1-4H3,(H2,33,43)(H,34,35). The van der Waals surface area contributed by atoms with Crippen LogP contribution in [0.2, 0.25) is 0 Å². The molecular formula is C32H32N4O8S. The number of thiazole rings is 1. The molecule has 1 heterocycles. The third kappa shape index (κ3) is 4.22. The van der Waals surface area contributed by atoms with Gasteiger partial charge in [-0.3, -0.25) is 19.3 Å². The van der Waals surface area contributed by atoms with E-state index in [2.05, 4.69) is 10.3 Å². The Morgan fingerprint density at radius 1 is 1.09 bits per heavy atom. The number of Topliss-reactive ketones (excluding diaryl/α,β-unsaturated/α-hetero) is 2. The molecule has 3 aliphatic carbocycles. The van der Waals surface area contributed by atoms with E-state index in [9.17, 15) is 39.9 Å². The Hall–Kier alpha value is -4.56. The minimum atomic E-state index is -2.97.